The second-order valence-corrected chi connectivity index (χ2v) is 6.18. The molecule has 2 heterocycles. The van der Waals surface area contributed by atoms with Gasteiger partial charge >= 0.3 is 7.23 Å². The number of Topliss-reactive ketones (excluding diaryl/α,β-unsaturated/α-hetero) is 1. The van der Waals surface area contributed by atoms with E-state index in [1.165, 1.54) is 6.92 Å². The molecule has 0 N–H and O–H groups in total. The van der Waals surface area contributed by atoms with Crippen LogP contribution in [0.1, 0.15) is 42.2 Å². The number of ether oxygens (including phenoxy) is 1. The van der Waals surface area contributed by atoms with Gasteiger partial charge in [0.2, 0.25) is 0 Å². The first kappa shape index (κ1) is 14.7. The zero-order valence-electron chi connectivity index (χ0n) is 10.8. The monoisotopic (exact) mass is 303 g/mol. The second-order valence-electron chi connectivity index (χ2n) is 4.47. The second kappa shape index (κ2) is 6.13. The summed E-state index contributed by atoms with van der Waals surface area (Å²) in [5, 5.41) is 0. The van der Waals surface area contributed by atoms with Crippen molar-refractivity contribution >= 4 is 25.3 Å². The first-order valence-corrected chi connectivity index (χ1v) is 8.31. The summed E-state index contributed by atoms with van der Waals surface area (Å²) in [4.78, 5) is 15.5. The standard InChI is InChI=1S/C11H15N2O4PS/c1-7-11(8(2)14)12-6-13(7)10-4-3-9(17-10)5-16-18(15)19/h6,9-10H,3-5H2,1-2H3/p+1/t9?,10-/m1/s1. The number of nitrogens with zero attached hydrogens (tertiary/aromatic N) is 2. The molecule has 2 rings (SSSR count). The highest BCUT2D eigenvalue weighted by Crippen LogP contribution is 2.33. The summed E-state index contributed by atoms with van der Waals surface area (Å²) >= 11 is 3.68. The van der Waals surface area contributed by atoms with E-state index in [9.17, 15) is 9.36 Å². The molecule has 3 atom stereocenters. The third-order valence-corrected chi connectivity index (χ3v) is 3.86. The molecule has 1 aromatic heterocycles. The minimum Gasteiger partial charge on any atom is -0.352 e. The van der Waals surface area contributed by atoms with Crippen molar-refractivity contribution in [2.24, 2.45) is 0 Å². The van der Waals surface area contributed by atoms with Gasteiger partial charge in [0, 0.05) is 12.6 Å². The Morgan fingerprint density at radius 2 is 2.42 bits per heavy atom. The average Bonchev–Trinajstić information content (AvgIpc) is 2.92. The summed E-state index contributed by atoms with van der Waals surface area (Å²) in [7, 11) is -1.90. The lowest BCUT2D eigenvalue weighted by Gasteiger charge is -2.15. The van der Waals surface area contributed by atoms with Crippen molar-refractivity contribution in [3.8, 4) is 0 Å². The summed E-state index contributed by atoms with van der Waals surface area (Å²) < 4.78 is 23.4. The molecule has 19 heavy (non-hydrogen) atoms. The van der Waals surface area contributed by atoms with Gasteiger partial charge in [-0.25, -0.2) is 4.98 Å². The molecule has 0 bridgehead atoms. The molecule has 1 fully saturated rings. The van der Waals surface area contributed by atoms with Crippen LogP contribution in [0.4, 0.5) is 0 Å². The lowest BCUT2D eigenvalue weighted by molar-refractivity contribution is -0.0168. The third-order valence-electron chi connectivity index (χ3n) is 3.14. The Kier molecular flexibility index (Phi) is 4.73. The van der Waals surface area contributed by atoms with Crippen LogP contribution >= 0.6 is 19.5 Å². The van der Waals surface area contributed by atoms with E-state index in [1.807, 2.05) is 11.5 Å². The number of hydrogen-bond acceptors (Lipinski definition) is 5. The largest absolute Gasteiger partial charge is 0.582 e. The van der Waals surface area contributed by atoms with Gasteiger partial charge in [0.15, 0.2) is 5.78 Å². The van der Waals surface area contributed by atoms with E-state index in [0.29, 0.717) is 5.69 Å². The van der Waals surface area contributed by atoms with Gasteiger partial charge in [-0.15, -0.1) is 4.52 Å². The molecule has 1 aliphatic heterocycles. The number of rotatable bonds is 5. The molecule has 1 aliphatic rings. The number of hydrogen-bond donors (Lipinski definition) is 1. The Labute approximate surface area is 117 Å². The molecular weight excluding hydrogens is 287 g/mol. The molecule has 0 aliphatic carbocycles. The van der Waals surface area contributed by atoms with Gasteiger partial charge in [0.25, 0.3) is 0 Å². The van der Waals surface area contributed by atoms with Crippen molar-refractivity contribution in [1.29, 1.82) is 0 Å². The maximum atomic E-state index is 11.4. The van der Waals surface area contributed by atoms with Crippen LogP contribution in [0.5, 0.6) is 0 Å². The molecular formula is C11H16N2O4PS+. The van der Waals surface area contributed by atoms with Crippen LogP contribution < -0.4 is 0 Å². The van der Waals surface area contributed by atoms with Gasteiger partial charge in [-0.05, 0) is 24.3 Å². The molecule has 0 spiro atoms. The fraction of sp³-hybridized carbons (Fsp3) is 0.636. The summed E-state index contributed by atoms with van der Waals surface area (Å²) in [6.45, 7) is 3.61. The molecule has 8 heteroatoms. The van der Waals surface area contributed by atoms with Crippen LogP contribution in [0, 0.1) is 6.92 Å². The Hall–Kier alpha value is -0.750. The minimum absolute atomic E-state index is 0.0544. The van der Waals surface area contributed by atoms with Crippen LogP contribution in [0.25, 0.3) is 0 Å². The zero-order chi connectivity index (χ0) is 14.0. The van der Waals surface area contributed by atoms with E-state index in [4.69, 9.17) is 9.26 Å². The molecule has 1 saturated heterocycles. The van der Waals surface area contributed by atoms with Crippen LogP contribution in [0.15, 0.2) is 6.33 Å². The van der Waals surface area contributed by atoms with E-state index in [-0.39, 0.29) is 24.7 Å². The summed E-state index contributed by atoms with van der Waals surface area (Å²) in [5.41, 5.74) is 1.28. The topological polar surface area (TPSA) is 70.4 Å². The lowest BCUT2D eigenvalue weighted by atomic mass is 10.2. The smallest absolute Gasteiger partial charge is 0.352 e. The third kappa shape index (κ3) is 3.42. The van der Waals surface area contributed by atoms with Crippen molar-refractivity contribution in [3.05, 3.63) is 17.7 Å². The molecule has 0 amide bonds. The average molecular weight is 303 g/mol. The van der Waals surface area contributed by atoms with Gasteiger partial charge < -0.3 is 9.30 Å². The Morgan fingerprint density at radius 3 is 3.00 bits per heavy atom. The first-order valence-electron chi connectivity index (χ1n) is 5.98. The first-order chi connectivity index (χ1) is 8.99. The highest BCUT2D eigenvalue weighted by Gasteiger charge is 2.30. The summed E-state index contributed by atoms with van der Waals surface area (Å²) in [6.07, 6.45) is 3.00. The van der Waals surface area contributed by atoms with Crippen LogP contribution in [-0.2, 0) is 13.8 Å². The maximum Gasteiger partial charge on any atom is 0.582 e. The number of aromatic nitrogens is 2. The van der Waals surface area contributed by atoms with E-state index < -0.39 is 7.23 Å². The Bertz CT molecular complexity index is 505. The van der Waals surface area contributed by atoms with Crippen molar-refractivity contribution < 1.29 is 18.6 Å². The van der Waals surface area contributed by atoms with Crippen molar-refractivity contribution in [2.45, 2.75) is 39.0 Å². The number of carbonyl (C=O) groups is 1. The molecule has 1 aromatic rings. The zero-order valence-corrected chi connectivity index (χ0v) is 12.6. The van der Waals surface area contributed by atoms with E-state index in [2.05, 4.69) is 17.2 Å². The van der Waals surface area contributed by atoms with E-state index >= 15 is 0 Å². The number of ketones is 1. The molecule has 2 unspecified atom stereocenters. The summed E-state index contributed by atoms with van der Waals surface area (Å²) in [6, 6.07) is 0. The summed E-state index contributed by atoms with van der Waals surface area (Å²) in [5.74, 6) is -0.0544. The van der Waals surface area contributed by atoms with Gasteiger partial charge in [-0.2, -0.15) is 0 Å². The van der Waals surface area contributed by atoms with E-state index in [0.717, 1.165) is 18.5 Å². The molecule has 0 aromatic carbocycles. The molecule has 104 valence electrons. The predicted octanol–water partition coefficient (Wildman–Crippen LogP) is 2.68. The van der Waals surface area contributed by atoms with Gasteiger partial charge in [-0.1, -0.05) is 0 Å². The molecule has 0 radical (unpaired) electrons. The number of imidazole rings is 1. The van der Waals surface area contributed by atoms with Crippen molar-refractivity contribution in [2.75, 3.05) is 6.61 Å². The number of carbonyl (C=O) groups excluding carboxylic acids is 1. The van der Waals surface area contributed by atoms with Gasteiger partial charge in [-0.3, -0.25) is 4.79 Å². The fourth-order valence-corrected chi connectivity index (χ4v) is 2.71. The fourth-order valence-electron chi connectivity index (χ4n) is 2.22. The van der Waals surface area contributed by atoms with Crippen molar-refractivity contribution in [1.82, 2.24) is 9.55 Å². The lowest BCUT2D eigenvalue weighted by Crippen LogP contribution is -2.15. The van der Waals surface area contributed by atoms with Gasteiger partial charge in [0.05, 0.1) is 12.4 Å². The van der Waals surface area contributed by atoms with Crippen molar-refractivity contribution in [3.63, 3.8) is 0 Å². The number of thiol groups is 1. The molecule has 6 nitrogen and oxygen atoms in total. The Morgan fingerprint density at radius 1 is 1.68 bits per heavy atom. The highest BCUT2D eigenvalue weighted by atomic mass is 32.7. The van der Waals surface area contributed by atoms with Crippen LogP contribution in [0.2, 0.25) is 0 Å². The highest BCUT2D eigenvalue weighted by molar-refractivity contribution is 8.39. The predicted molar refractivity (Wildman–Crippen MR) is 72.7 cm³/mol. The van der Waals surface area contributed by atoms with E-state index in [1.54, 1.807) is 6.33 Å². The SMILES string of the molecule is CC(=O)c1ncn([C@H]2CCC(CO[P+](=O)S)O2)c1C. The molecule has 0 saturated carbocycles. The quantitative estimate of drug-likeness (QED) is 0.514. The Balaban J connectivity index is 2.01. The van der Waals surface area contributed by atoms with Gasteiger partial charge in [0.1, 0.15) is 30.8 Å². The minimum atomic E-state index is -1.90. The van der Waals surface area contributed by atoms with Crippen LogP contribution in [-0.4, -0.2) is 28.0 Å². The van der Waals surface area contributed by atoms with Crippen LogP contribution in [0.3, 0.4) is 0 Å². The normalized spacial score (nSPS) is 23.6. The maximum absolute atomic E-state index is 11.4.